The van der Waals surface area contributed by atoms with Crippen molar-refractivity contribution in [3.05, 3.63) is 41.7 Å². The van der Waals surface area contributed by atoms with Gasteiger partial charge in [0.1, 0.15) is 5.82 Å². The third-order valence-corrected chi connectivity index (χ3v) is 3.93. The highest BCUT2D eigenvalue weighted by Crippen LogP contribution is 2.15. The summed E-state index contributed by atoms with van der Waals surface area (Å²) in [7, 11) is -3.71. The molecule has 0 heterocycles. The normalized spacial score (nSPS) is 11.5. The fraction of sp³-hybridized carbons (Fsp3) is 0.385. The SMILES string of the molecule is C=C(C)COCCNS(=O)(=O)c1cc(F)ccc1C. The molecule has 0 saturated carbocycles. The van der Waals surface area contributed by atoms with E-state index in [4.69, 9.17) is 4.74 Å². The second kappa shape index (κ2) is 6.79. The second-order valence-corrected chi connectivity index (χ2v) is 6.05. The van der Waals surface area contributed by atoms with Crippen molar-refractivity contribution in [2.24, 2.45) is 0 Å². The lowest BCUT2D eigenvalue weighted by atomic mass is 10.2. The number of hydrogen-bond acceptors (Lipinski definition) is 3. The molecule has 0 saturated heterocycles. The molecule has 4 nitrogen and oxygen atoms in total. The van der Waals surface area contributed by atoms with Crippen LogP contribution in [0.3, 0.4) is 0 Å². The maximum Gasteiger partial charge on any atom is 0.241 e. The van der Waals surface area contributed by atoms with Crippen LogP contribution in [0.25, 0.3) is 0 Å². The van der Waals surface area contributed by atoms with Crippen LogP contribution in [-0.4, -0.2) is 28.2 Å². The largest absolute Gasteiger partial charge is 0.376 e. The van der Waals surface area contributed by atoms with Gasteiger partial charge in [0.25, 0.3) is 0 Å². The molecule has 1 aromatic rings. The maximum absolute atomic E-state index is 13.1. The summed E-state index contributed by atoms with van der Waals surface area (Å²) in [5.74, 6) is -0.579. The van der Waals surface area contributed by atoms with Crippen LogP contribution in [0.4, 0.5) is 4.39 Å². The predicted molar refractivity (Wildman–Crippen MR) is 72.0 cm³/mol. The Kier molecular flexibility index (Phi) is 5.65. The van der Waals surface area contributed by atoms with E-state index in [9.17, 15) is 12.8 Å². The minimum Gasteiger partial charge on any atom is -0.376 e. The first-order chi connectivity index (χ1) is 8.83. The summed E-state index contributed by atoms with van der Waals surface area (Å²) in [6, 6.07) is 3.66. The molecule has 1 N–H and O–H groups in total. The summed E-state index contributed by atoms with van der Waals surface area (Å²) in [5, 5.41) is 0. The van der Waals surface area contributed by atoms with E-state index >= 15 is 0 Å². The molecular formula is C13H18FNO3S. The minimum atomic E-state index is -3.71. The lowest BCUT2D eigenvalue weighted by Crippen LogP contribution is -2.28. The third-order valence-electron chi connectivity index (χ3n) is 2.33. The minimum absolute atomic E-state index is 0.0487. The monoisotopic (exact) mass is 287 g/mol. The molecule has 0 aromatic heterocycles. The highest BCUT2D eigenvalue weighted by Gasteiger charge is 2.16. The molecule has 0 bridgehead atoms. The smallest absolute Gasteiger partial charge is 0.241 e. The quantitative estimate of drug-likeness (QED) is 0.616. The highest BCUT2D eigenvalue weighted by molar-refractivity contribution is 7.89. The fourth-order valence-electron chi connectivity index (χ4n) is 1.44. The molecule has 0 aliphatic heterocycles. The molecule has 0 amide bonds. The molecule has 106 valence electrons. The van der Waals surface area contributed by atoms with Crippen molar-refractivity contribution >= 4 is 10.0 Å². The van der Waals surface area contributed by atoms with Crippen LogP contribution >= 0.6 is 0 Å². The topological polar surface area (TPSA) is 55.4 Å². The lowest BCUT2D eigenvalue weighted by molar-refractivity contribution is 0.162. The second-order valence-electron chi connectivity index (χ2n) is 4.32. The summed E-state index contributed by atoms with van der Waals surface area (Å²) in [6.45, 7) is 7.86. The van der Waals surface area contributed by atoms with E-state index in [1.807, 2.05) is 6.92 Å². The fourth-order valence-corrected chi connectivity index (χ4v) is 2.70. The van der Waals surface area contributed by atoms with Gasteiger partial charge >= 0.3 is 0 Å². The van der Waals surface area contributed by atoms with Crippen molar-refractivity contribution in [3.63, 3.8) is 0 Å². The molecule has 0 spiro atoms. The zero-order valence-electron chi connectivity index (χ0n) is 11.1. The van der Waals surface area contributed by atoms with Crippen LogP contribution in [0, 0.1) is 12.7 Å². The van der Waals surface area contributed by atoms with Crippen LogP contribution in [-0.2, 0) is 14.8 Å². The van der Waals surface area contributed by atoms with Gasteiger partial charge in [0.15, 0.2) is 0 Å². The zero-order valence-corrected chi connectivity index (χ0v) is 11.9. The van der Waals surface area contributed by atoms with Crippen molar-refractivity contribution in [3.8, 4) is 0 Å². The number of aryl methyl sites for hydroxylation is 1. The predicted octanol–water partition coefficient (Wildman–Crippen LogP) is 2.01. The van der Waals surface area contributed by atoms with Crippen LogP contribution in [0.2, 0.25) is 0 Å². The molecular weight excluding hydrogens is 269 g/mol. The number of hydrogen-bond donors (Lipinski definition) is 1. The van der Waals surface area contributed by atoms with Gasteiger partial charge in [-0.1, -0.05) is 18.2 Å². The summed E-state index contributed by atoms with van der Waals surface area (Å²) >= 11 is 0. The number of sulfonamides is 1. The number of ether oxygens (including phenoxy) is 1. The first-order valence-electron chi connectivity index (χ1n) is 5.81. The van der Waals surface area contributed by atoms with Gasteiger partial charge in [0.05, 0.1) is 18.1 Å². The molecule has 0 radical (unpaired) electrons. The number of nitrogens with one attached hydrogen (secondary N) is 1. The van der Waals surface area contributed by atoms with Gasteiger partial charge in [-0.2, -0.15) is 0 Å². The van der Waals surface area contributed by atoms with Gasteiger partial charge in [0.2, 0.25) is 10.0 Å². The van der Waals surface area contributed by atoms with E-state index in [-0.39, 0.29) is 18.0 Å². The Balaban J connectivity index is 2.61. The molecule has 0 aliphatic rings. The van der Waals surface area contributed by atoms with Crippen molar-refractivity contribution < 1.29 is 17.5 Å². The van der Waals surface area contributed by atoms with Crippen molar-refractivity contribution in [2.45, 2.75) is 18.7 Å². The van der Waals surface area contributed by atoms with Crippen LogP contribution < -0.4 is 4.72 Å². The summed E-state index contributed by atoms with van der Waals surface area (Å²) in [5.41, 5.74) is 1.36. The van der Waals surface area contributed by atoms with Gasteiger partial charge in [-0.05, 0) is 31.5 Å². The maximum atomic E-state index is 13.1. The van der Waals surface area contributed by atoms with Crippen LogP contribution in [0.15, 0.2) is 35.2 Å². The van der Waals surface area contributed by atoms with Crippen LogP contribution in [0.1, 0.15) is 12.5 Å². The molecule has 0 atom stereocenters. The lowest BCUT2D eigenvalue weighted by Gasteiger charge is -2.09. The highest BCUT2D eigenvalue weighted by atomic mass is 32.2. The number of benzene rings is 1. The third kappa shape index (κ3) is 5.10. The van der Waals surface area contributed by atoms with E-state index in [2.05, 4.69) is 11.3 Å². The van der Waals surface area contributed by atoms with E-state index < -0.39 is 15.8 Å². The van der Waals surface area contributed by atoms with Crippen molar-refractivity contribution in [1.82, 2.24) is 4.72 Å². The van der Waals surface area contributed by atoms with E-state index in [1.165, 1.54) is 12.1 Å². The van der Waals surface area contributed by atoms with Gasteiger partial charge in [0, 0.05) is 6.54 Å². The first kappa shape index (κ1) is 15.8. The summed E-state index contributed by atoms with van der Waals surface area (Å²) < 4.78 is 44.5. The molecule has 0 fully saturated rings. The molecule has 0 unspecified atom stereocenters. The zero-order chi connectivity index (χ0) is 14.5. The van der Waals surface area contributed by atoms with Gasteiger partial charge < -0.3 is 4.74 Å². The Morgan fingerprint density at radius 2 is 2.16 bits per heavy atom. The van der Waals surface area contributed by atoms with Gasteiger partial charge in [-0.3, -0.25) is 0 Å². The van der Waals surface area contributed by atoms with Gasteiger partial charge in [-0.15, -0.1) is 0 Å². The standard InChI is InChI=1S/C13H18FNO3S/c1-10(2)9-18-7-6-15-19(16,17)13-8-12(14)5-4-11(13)3/h4-5,8,15H,1,6-7,9H2,2-3H3. The Morgan fingerprint density at radius 1 is 1.47 bits per heavy atom. The first-order valence-corrected chi connectivity index (χ1v) is 7.29. The number of rotatable bonds is 7. The molecule has 1 rings (SSSR count). The Bertz CT molecular complexity index is 555. The van der Waals surface area contributed by atoms with Gasteiger partial charge in [-0.25, -0.2) is 17.5 Å². The van der Waals surface area contributed by atoms with Crippen molar-refractivity contribution in [2.75, 3.05) is 19.8 Å². The Hall–Kier alpha value is -1.24. The number of halogens is 1. The van der Waals surface area contributed by atoms with Crippen molar-refractivity contribution in [1.29, 1.82) is 0 Å². The molecule has 1 aromatic carbocycles. The van der Waals surface area contributed by atoms with E-state index in [0.717, 1.165) is 11.6 Å². The average molecular weight is 287 g/mol. The van der Waals surface area contributed by atoms with Crippen LogP contribution in [0.5, 0.6) is 0 Å². The Labute approximate surface area is 113 Å². The molecule has 6 heteroatoms. The molecule has 19 heavy (non-hydrogen) atoms. The van der Waals surface area contributed by atoms with E-state index in [1.54, 1.807) is 6.92 Å². The van der Waals surface area contributed by atoms with E-state index in [0.29, 0.717) is 12.2 Å². The summed E-state index contributed by atoms with van der Waals surface area (Å²) in [4.78, 5) is -0.0487. The molecule has 0 aliphatic carbocycles. The summed E-state index contributed by atoms with van der Waals surface area (Å²) in [6.07, 6.45) is 0. The Morgan fingerprint density at radius 3 is 2.79 bits per heavy atom. The average Bonchev–Trinajstić information content (AvgIpc) is 2.31.